The molecule has 1 aliphatic heterocycles. The minimum Gasteiger partial charge on any atom is -0.508 e. The predicted octanol–water partition coefficient (Wildman–Crippen LogP) is 1.10. The number of Topliss-reactive ketones (excluding diaryl/α,β-unsaturated/α-hetero) is 1. The number of hydrogen-bond acceptors (Lipinski definition) is 3. The molecular formula is C8H8O3. The number of ketones is 1. The first-order valence-electron chi connectivity index (χ1n) is 3.06. The molecule has 0 unspecified atom stereocenters. The van der Waals surface area contributed by atoms with Gasteiger partial charge in [-0.05, 0) is 0 Å². The van der Waals surface area contributed by atoms with Gasteiger partial charge >= 0.3 is 0 Å². The number of aliphatic hydroxyl groups is 1. The Morgan fingerprint density at radius 1 is 1.73 bits per heavy atom. The predicted molar refractivity (Wildman–Crippen MR) is 40.0 cm³/mol. The molecule has 0 radical (unpaired) electrons. The van der Waals surface area contributed by atoms with Crippen molar-refractivity contribution in [3.63, 3.8) is 0 Å². The SMILES string of the molecule is C=C(O)/C=C1/OCC(=O)C1=C. The van der Waals surface area contributed by atoms with Gasteiger partial charge in [0.2, 0.25) is 5.78 Å². The summed E-state index contributed by atoms with van der Waals surface area (Å²) in [6, 6.07) is 0. The van der Waals surface area contributed by atoms with E-state index in [2.05, 4.69) is 13.2 Å². The molecule has 1 rings (SSSR count). The lowest BCUT2D eigenvalue weighted by molar-refractivity contribution is -0.115. The Balaban J connectivity index is 2.85. The Morgan fingerprint density at radius 3 is 2.73 bits per heavy atom. The van der Waals surface area contributed by atoms with E-state index in [1.807, 2.05) is 0 Å². The fraction of sp³-hybridized carbons (Fsp3) is 0.125. The van der Waals surface area contributed by atoms with Crippen LogP contribution in [0.1, 0.15) is 0 Å². The number of ether oxygens (including phenoxy) is 1. The molecular weight excluding hydrogens is 144 g/mol. The molecule has 1 heterocycles. The number of aliphatic hydroxyl groups excluding tert-OH is 1. The summed E-state index contributed by atoms with van der Waals surface area (Å²) in [6.07, 6.45) is 1.27. The van der Waals surface area contributed by atoms with E-state index in [0.29, 0.717) is 11.3 Å². The maximum absolute atomic E-state index is 10.8. The van der Waals surface area contributed by atoms with Crippen LogP contribution in [-0.4, -0.2) is 17.5 Å². The van der Waals surface area contributed by atoms with Crippen LogP contribution in [0, 0.1) is 0 Å². The maximum atomic E-state index is 10.8. The number of hydrogen-bond donors (Lipinski definition) is 1. The summed E-state index contributed by atoms with van der Waals surface area (Å²) in [6.45, 7) is 6.71. The lowest BCUT2D eigenvalue weighted by atomic mass is 10.2. The standard InChI is InChI=1S/C8H8O3/c1-5(9)3-8-6(2)7(10)4-11-8/h3,9H,1-2,4H2/b8-3+. The van der Waals surface area contributed by atoms with Crippen molar-refractivity contribution in [2.75, 3.05) is 6.61 Å². The third kappa shape index (κ3) is 1.49. The number of carbonyl (C=O) groups excluding carboxylic acids is 1. The van der Waals surface area contributed by atoms with Crippen molar-refractivity contribution in [1.82, 2.24) is 0 Å². The van der Waals surface area contributed by atoms with E-state index in [0.717, 1.165) is 0 Å². The topological polar surface area (TPSA) is 46.5 Å². The quantitative estimate of drug-likeness (QED) is 0.452. The summed E-state index contributed by atoms with van der Waals surface area (Å²) >= 11 is 0. The molecule has 0 aromatic rings. The third-order valence-corrected chi connectivity index (χ3v) is 1.29. The maximum Gasteiger partial charge on any atom is 0.203 e. The van der Waals surface area contributed by atoms with E-state index < -0.39 is 0 Å². The molecule has 1 aliphatic rings. The Bertz CT molecular complexity index is 261. The van der Waals surface area contributed by atoms with Crippen LogP contribution in [0.2, 0.25) is 0 Å². The summed E-state index contributed by atoms with van der Waals surface area (Å²) in [5.74, 6) is 0.0100. The van der Waals surface area contributed by atoms with Gasteiger partial charge < -0.3 is 9.84 Å². The minimum atomic E-state index is -0.155. The van der Waals surface area contributed by atoms with Gasteiger partial charge in [-0.1, -0.05) is 13.2 Å². The van der Waals surface area contributed by atoms with Crippen LogP contribution in [0.5, 0.6) is 0 Å². The lowest BCUT2D eigenvalue weighted by Crippen LogP contribution is -1.94. The molecule has 0 saturated carbocycles. The highest BCUT2D eigenvalue weighted by atomic mass is 16.5. The molecule has 0 amide bonds. The molecule has 3 heteroatoms. The van der Waals surface area contributed by atoms with Crippen LogP contribution in [-0.2, 0) is 9.53 Å². The van der Waals surface area contributed by atoms with Crippen molar-refractivity contribution < 1.29 is 14.6 Å². The van der Waals surface area contributed by atoms with Gasteiger partial charge in [-0.25, -0.2) is 0 Å². The molecule has 0 aliphatic carbocycles. The number of rotatable bonds is 1. The van der Waals surface area contributed by atoms with Crippen molar-refractivity contribution in [1.29, 1.82) is 0 Å². The molecule has 0 atom stereocenters. The largest absolute Gasteiger partial charge is 0.508 e. The Kier molecular flexibility index (Phi) is 1.81. The highest BCUT2D eigenvalue weighted by Crippen LogP contribution is 2.19. The zero-order chi connectivity index (χ0) is 8.43. The van der Waals surface area contributed by atoms with E-state index in [4.69, 9.17) is 9.84 Å². The second-order valence-corrected chi connectivity index (χ2v) is 2.19. The average Bonchev–Trinajstić information content (AvgIpc) is 2.18. The second kappa shape index (κ2) is 2.62. The number of carbonyl (C=O) groups is 1. The third-order valence-electron chi connectivity index (χ3n) is 1.29. The summed E-state index contributed by atoms with van der Waals surface area (Å²) in [7, 11) is 0. The highest BCUT2D eigenvalue weighted by molar-refractivity contribution is 6.01. The van der Waals surface area contributed by atoms with Gasteiger partial charge in [-0.2, -0.15) is 0 Å². The highest BCUT2D eigenvalue weighted by Gasteiger charge is 2.21. The van der Waals surface area contributed by atoms with Gasteiger partial charge in [0, 0.05) is 6.08 Å². The van der Waals surface area contributed by atoms with Crippen LogP contribution in [0.3, 0.4) is 0 Å². The average molecular weight is 152 g/mol. The van der Waals surface area contributed by atoms with E-state index >= 15 is 0 Å². The molecule has 1 saturated heterocycles. The van der Waals surface area contributed by atoms with Crippen LogP contribution in [0.15, 0.2) is 36.3 Å². The Morgan fingerprint density at radius 2 is 2.36 bits per heavy atom. The molecule has 11 heavy (non-hydrogen) atoms. The fourth-order valence-electron chi connectivity index (χ4n) is 0.735. The Labute approximate surface area is 64.3 Å². The van der Waals surface area contributed by atoms with Gasteiger partial charge in [-0.3, -0.25) is 4.79 Å². The fourth-order valence-corrected chi connectivity index (χ4v) is 0.735. The van der Waals surface area contributed by atoms with Gasteiger partial charge in [0.25, 0.3) is 0 Å². The van der Waals surface area contributed by atoms with Crippen molar-refractivity contribution in [3.8, 4) is 0 Å². The smallest absolute Gasteiger partial charge is 0.203 e. The van der Waals surface area contributed by atoms with Crippen molar-refractivity contribution in [2.45, 2.75) is 0 Å². The van der Waals surface area contributed by atoms with Gasteiger partial charge in [0.1, 0.15) is 11.5 Å². The molecule has 0 aromatic heterocycles. The first kappa shape index (κ1) is 7.60. The van der Waals surface area contributed by atoms with Crippen molar-refractivity contribution in [2.24, 2.45) is 0 Å². The van der Waals surface area contributed by atoms with E-state index in [1.54, 1.807) is 0 Å². The molecule has 0 aromatic carbocycles. The number of allylic oxidation sites excluding steroid dienone is 2. The summed E-state index contributed by atoms with van der Waals surface area (Å²) < 4.78 is 4.88. The zero-order valence-electron chi connectivity index (χ0n) is 5.96. The monoisotopic (exact) mass is 152 g/mol. The molecule has 58 valence electrons. The van der Waals surface area contributed by atoms with E-state index in [9.17, 15) is 4.79 Å². The zero-order valence-corrected chi connectivity index (χ0v) is 5.96. The first-order valence-corrected chi connectivity index (χ1v) is 3.06. The molecule has 0 bridgehead atoms. The summed E-state index contributed by atoms with van der Waals surface area (Å²) in [5.41, 5.74) is 0.292. The summed E-state index contributed by atoms with van der Waals surface area (Å²) in [5, 5.41) is 8.71. The molecule has 1 fully saturated rings. The second-order valence-electron chi connectivity index (χ2n) is 2.19. The van der Waals surface area contributed by atoms with E-state index in [1.165, 1.54) is 6.08 Å². The van der Waals surface area contributed by atoms with Gasteiger partial charge in [0.05, 0.1) is 5.57 Å². The molecule has 0 spiro atoms. The molecule has 3 nitrogen and oxygen atoms in total. The van der Waals surface area contributed by atoms with Gasteiger partial charge in [-0.15, -0.1) is 0 Å². The van der Waals surface area contributed by atoms with Crippen molar-refractivity contribution >= 4 is 5.78 Å². The van der Waals surface area contributed by atoms with Crippen LogP contribution in [0.25, 0.3) is 0 Å². The lowest BCUT2D eigenvalue weighted by Gasteiger charge is -1.95. The van der Waals surface area contributed by atoms with Crippen LogP contribution >= 0.6 is 0 Å². The molecule has 1 N–H and O–H groups in total. The van der Waals surface area contributed by atoms with Crippen molar-refractivity contribution in [3.05, 3.63) is 36.3 Å². The van der Waals surface area contributed by atoms with Crippen LogP contribution in [0.4, 0.5) is 0 Å². The first-order chi connectivity index (χ1) is 5.11. The normalized spacial score (nSPS) is 20.5. The van der Waals surface area contributed by atoms with Crippen LogP contribution < -0.4 is 0 Å². The Hall–Kier alpha value is -1.51. The van der Waals surface area contributed by atoms with E-state index in [-0.39, 0.29) is 18.1 Å². The minimum absolute atomic E-state index is 0.0119. The van der Waals surface area contributed by atoms with Gasteiger partial charge in [0.15, 0.2) is 6.61 Å². The summed E-state index contributed by atoms with van der Waals surface area (Å²) in [4.78, 5) is 10.8.